The second kappa shape index (κ2) is 32.1. The summed E-state index contributed by atoms with van der Waals surface area (Å²) in [5, 5.41) is 20.4. The highest BCUT2D eigenvalue weighted by Gasteiger charge is 2.27. The van der Waals surface area contributed by atoms with Crippen molar-refractivity contribution < 1.29 is 62.4 Å². The molecule has 1 heterocycles. The molecule has 0 saturated carbocycles. The van der Waals surface area contributed by atoms with E-state index in [1.54, 1.807) is 56.9 Å². The van der Waals surface area contributed by atoms with Gasteiger partial charge in [-0.1, -0.05) is 53.7 Å². The van der Waals surface area contributed by atoms with E-state index in [0.29, 0.717) is 104 Å². The van der Waals surface area contributed by atoms with Crippen LogP contribution in [0.4, 0.5) is 5.69 Å². The lowest BCUT2D eigenvalue weighted by Gasteiger charge is -2.27. The fourth-order valence-corrected chi connectivity index (χ4v) is 6.04. The zero-order valence-corrected chi connectivity index (χ0v) is 38.7. The Morgan fingerprint density at radius 2 is 1.11 bits per heavy atom. The Morgan fingerprint density at radius 3 is 1.61 bits per heavy atom. The van der Waals surface area contributed by atoms with E-state index in [1.807, 2.05) is 23.6 Å². The minimum Gasteiger partial charge on any atom is -0.480 e. The molecule has 2 rings (SSSR count). The minimum absolute atomic E-state index is 0.0125. The molecule has 1 atom stereocenters. The number of hydrogen-bond donors (Lipinski definition) is 5. The molecule has 1 unspecified atom stereocenters. The number of carboxylic acids is 1. The van der Waals surface area contributed by atoms with E-state index in [1.165, 1.54) is 0 Å². The summed E-state index contributed by atoms with van der Waals surface area (Å²) in [6.45, 7) is 16.1. The maximum atomic E-state index is 13.3. The lowest BCUT2D eigenvalue weighted by molar-refractivity contribution is -0.148. The molecule has 1 aromatic carbocycles. The number of amides is 4. The lowest BCUT2D eigenvalue weighted by Crippen LogP contribution is -2.53. The number of rotatable bonds is 31. The Morgan fingerprint density at radius 1 is 0.609 bits per heavy atom. The summed E-state index contributed by atoms with van der Waals surface area (Å²) in [4.78, 5) is 92.5. The molecule has 4 amide bonds. The van der Waals surface area contributed by atoms with Gasteiger partial charge in [0.2, 0.25) is 23.6 Å². The van der Waals surface area contributed by atoms with Crippen molar-refractivity contribution >= 4 is 47.0 Å². The van der Waals surface area contributed by atoms with Crippen molar-refractivity contribution in [1.29, 1.82) is 0 Å². The van der Waals surface area contributed by atoms with Crippen molar-refractivity contribution in [3.05, 3.63) is 29.8 Å². The standard InChI is InChI=1S/C44H73N7O13/c1-32(2)37(52)11-19-60-21-23-62-25-26-63-24-22-61-20-12-45-39(54)28-49-13-14-50(16-18-51(17-15-49)30-41(56)57)29-40(55)48-42(33(3)4)43(58)46-27-38(53)47-36-9-7-35(8-10-36)31-64-44(59)34(5)6/h7-10,32-34,42H,11-31H2,1-6H3,(H,45,54)(H,46,58)(H,47,53)(H,48,55)(H,56,57). The van der Waals surface area contributed by atoms with Gasteiger partial charge in [-0.3, -0.25) is 48.3 Å². The van der Waals surface area contributed by atoms with Crippen molar-refractivity contribution in [1.82, 2.24) is 30.7 Å². The lowest BCUT2D eigenvalue weighted by atomic mass is 10.0. The molecule has 5 N–H and O–H groups in total. The van der Waals surface area contributed by atoms with Crippen LogP contribution in [0.25, 0.3) is 0 Å². The van der Waals surface area contributed by atoms with E-state index in [2.05, 4.69) is 21.3 Å². The van der Waals surface area contributed by atoms with Crippen molar-refractivity contribution in [2.75, 3.05) is 130 Å². The predicted octanol–water partition coefficient (Wildman–Crippen LogP) is 0.383. The highest BCUT2D eigenvalue weighted by Crippen LogP contribution is 2.12. The highest BCUT2D eigenvalue weighted by molar-refractivity contribution is 5.96. The average molecular weight is 908 g/mol. The Labute approximate surface area is 377 Å². The molecule has 0 radical (unpaired) electrons. The topological polar surface area (TPSA) is 244 Å². The molecule has 1 fully saturated rings. The van der Waals surface area contributed by atoms with Gasteiger partial charge < -0.3 is 50.1 Å². The van der Waals surface area contributed by atoms with Crippen LogP contribution in [-0.4, -0.2) is 192 Å². The van der Waals surface area contributed by atoms with Gasteiger partial charge in [-0.05, 0) is 23.6 Å². The smallest absolute Gasteiger partial charge is 0.317 e. The van der Waals surface area contributed by atoms with Gasteiger partial charge in [-0.15, -0.1) is 0 Å². The molecule has 1 aliphatic heterocycles. The summed E-state index contributed by atoms with van der Waals surface area (Å²) in [6, 6.07) is 5.84. The maximum absolute atomic E-state index is 13.3. The first-order chi connectivity index (χ1) is 30.5. The number of Topliss-reactive ketones (excluding diaryl/α,β-unsaturated/α-hetero) is 1. The molecular formula is C44H73N7O13. The molecule has 1 aliphatic rings. The number of carboxylic acid groups (broad SMARTS) is 1. The summed E-state index contributed by atoms with van der Waals surface area (Å²) in [5.41, 5.74) is 1.25. The number of ketones is 1. The largest absolute Gasteiger partial charge is 0.480 e. The zero-order valence-electron chi connectivity index (χ0n) is 38.7. The monoisotopic (exact) mass is 908 g/mol. The number of nitrogens with zero attached hydrogens (tertiary/aromatic N) is 3. The molecule has 362 valence electrons. The number of benzene rings is 1. The van der Waals surface area contributed by atoms with Crippen LogP contribution in [-0.2, 0) is 63.9 Å². The van der Waals surface area contributed by atoms with Crippen LogP contribution >= 0.6 is 0 Å². The van der Waals surface area contributed by atoms with Gasteiger partial charge in [-0.2, -0.15) is 0 Å². The van der Waals surface area contributed by atoms with Gasteiger partial charge in [0.25, 0.3) is 0 Å². The number of carbonyl (C=O) groups excluding carboxylic acids is 6. The minimum atomic E-state index is -0.987. The SMILES string of the molecule is CC(C)C(=O)CCOCCOCCOCCOCCNC(=O)CN1CCN(CC(=O)O)CCN(CC(=O)NC(C(=O)NCC(=O)Nc2ccc(COC(=O)C(C)C)cc2)C(C)C)CC1. The predicted molar refractivity (Wildman–Crippen MR) is 237 cm³/mol. The Bertz CT molecular complexity index is 1580. The van der Waals surface area contributed by atoms with Gasteiger partial charge in [0, 0.05) is 63.8 Å². The third-order valence-electron chi connectivity index (χ3n) is 9.89. The van der Waals surface area contributed by atoms with Crippen LogP contribution in [0.1, 0.15) is 53.5 Å². The molecule has 1 saturated heterocycles. The first-order valence-corrected chi connectivity index (χ1v) is 22.2. The Hall–Kier alpha value is -4.57. The maximum Gasteiger partial charge on any atom is 0.317 e. The van der Waals surface area contributed by atoms with Crippen molar-refractivity contribution in [3.63, 3.8) is 0 Å². The normalized spacial score (nSPS) is 14.6. The molecule has 1 aromatic rings. The average Bonchev–Trinajstić information content (AvgIpc) is 3.32. The number of esters is 1. The first-order valence-electron chi connectivity index (χ1n) is 22.2. The molecule has 64 heavy (non-hydrogen) atoms. The van der Waals surface area contributed by atoms with E-state index in [9.17, 15) is 38.7 Å². The number of hydrogen-bond acceptors (Lipinski definition) is 15. The van der Waals surface area contributed by atoms with Gasteiger partial charge in [0.15, 0.2) is 0 Å². The Balaban J connectivity index is 1.74. The molecule has 0 aromatic heterocycles. The zero-order chi connectivity index (χ0) is 47.3. The molecule has 20 nitrogen and oxygen atoms in total. The second-order valence-corrected chi connectivity index (χ2v) is 16.4. The van der Waals surface area contributed by atoms with E-state index in [-0.39, 0.29) is 74.8 Å². The van der Waals surface area contributed by atoms with Crippen LogP contribution in [0.15, 0.2) is 24.3 Å². The van der Waals surface area contributed by atoms with Crippen LogP contribution < -0.4 is 21.3 Å². The van der Waals surface area contributed by atoms with Crippen LogP contribution in [0.2, 0.25) is 0 Å². The van der Waals surface area contributed by atoms with Crippen molar-refractivity contribution in [3.8, 4) is 0 Å². The Kier molecular flexibility index (Phi) is 27.9. The van der Waals surface area contributed by atoms with E-state index >= 15 is 0 Å². The van der Waals surface area contributed by atoms with Crippen LogP contribution in [0.3, 0.4) is 0 Å². The number of ether oxygens (including phenoxy) is 5. The summed E-state index contributed by atoms with van der Waals surface area (Å²) in [7, 11) is 0. The van der Waals surface area contributed by atoms with Crippen LogP contribution in [0, 0.1) is 17.8 Å². The number of carbonyl (C=O) groups is 7. The third-order valence-corrected chi connectivity index (χ3v) is 9.89. The number of aliphatic carboxylic acids is 1. The van der Waals surface area contributed by atoms with Crippen molar-refractivity contribution in [2.45, 2.75) is 60.6 Å². The van der Waals surface area contributed by atoms with E-state index in [4.69, 9.17) is 23.7 Å². The fourth-order valence-electron chi connectivity index (χ4n) is 6.04. The molecule has 0 bridgehead atoms. The van der Waals surface area contributed by atoms with Gasteiger partial charge in [-0.25, -0.2) is 0 Å². The molecule has 0 spiro atoms. The molecule has 0 aliphatic carbocycles. The molecule has 20 heteroatoms. The third kappa shape index (κ3) is 25.7. The van der Waals surface area contributed by atoms with Gasteiger partial charge >= 0.3 is 11.9 Å². The second-order valence-electron chi connectivity index (χ2n) is 16.4. The van der Waals surface area contributed by atoms with Gasteiger partial charge in [0.05, 0.1) is 85.0 Å². The number of nitrogens with one attached hydrogen (secondary N) is 4. The highest BCUT2D eigenvalue weighted by atomic mass is 16.6. The quantitative estimate of drug-likeness (QED) is 0.0500. The van der Waals surface area contributed by atoms with Crippen molar-refractivity contribution in [2.24, 2.45) is 17.8 Å². The summed E-state index contributed by atoms with van der Waals surface area (Å²) < 4.78 is 27.1. The number of anilines is 1. The summed E-state index contributed by atoms with van der Waals surface area (Å²) >= 11 is 0. The first kappa shape index (κ1) is 55.6. The summed E-state index contributed by atoms with van der Waals surface area (Å²) in [5.74, 6) is -3.29. The van der Waals surface area contributed by atoms with Crippen LogP contribution in [0.5, 0.6) is 0 Å². The summed E-state index contributed by atoms with van der Waals surface area (Å²) in [6.07, 6.45) is 0.404. The van der Waals surface area contributed by atoms with E-state index < -0.39 is 29.7 Å². The molecular weight excluding hydrogens is 835 g/mol. The fraction of sp³-hybridized carbons (Fsp3) is 0.705. The van der Waals surface area contributed by atoms with Gasteiger partial charge in [0.1, 0.15) is 18.4 Å². The van der Waals surface area contributed by atoms with E-state index in [0.717, 1.165) is 5.56 Å².